The first-order valence-electron chi connectivity index (χ1n) is 5.71. The van der Waals surface area contributed by atoms with Crippen LogP contribution in [0.25, 0.3) is 0 Å². The molecule has 94 valence electrons. The summed E-state index contributed by atoms with van der Waals surface area (Å²) in [6, 6.07) is 5.53. The summed E-state index contributed by atoms with van der Waals surface area (Å²) < 4.78 is 0. The van der Waals surface area contributed by atoms with Crippen molar-refractivity contribution < 1.29 is 4.79 Å². The van der Waals surface area contributed by atoms with Gasteiger partial charge in [0.2, 0.25) is 0 Å². The van der Waals surface area contributed by atoms with Gasteiger partial charge in [-0.3, -0.25) is 4.79 Å². The summed E-state index contributed by atoms with van der Waals surface area (Å²) in [4.78, 5) is 12.0. The van der Waals surface area contributed by atoms with E-state index in [0.717, 1.165) is 18.4 Å². The highest BCUT2D eigenvalue weighted by molar-refractivity contribution is 6.33. The van der Waals surface area contributed by atoms with Gasteiger partial charge in [-0.1, -0.05) is 24.6 Å². The first-order chi connectivity index (χ1) is 8.08. The van der Waals surface area contributed by atoms with Crippen LogP contribution >= 0.6 is 23.2 Å². The molecular weight excluding hydrogens is 257 g/mol. The molecule has 2 nitrogen and oxygen atoms in total. The standard InChI is InChI=1S/C13H17Cl2NO/c1-3-10(6-7-14)16-13(17)11-5-4-9(2)8-12(11)15/h4-5,8,10H,3,6-7H2,1-2H3,(H,16,17). The van der Waals surface area contributed by atoms with Crippen molar-refractivity contribution in [1.29, 1.82) is 0 Å². The van der Waals surface area contributed by atoms with Crippen LogP contribution < -0.4 is 5.32 Å². The second-order valence-electron chi connectivity index (χ2n) is 4.04. The van der Waals surface area contributed by atoms with Gasteiger partial charge in [0.15, 0.2) is 0 Å². The summed E-state index contributed by atoms with van der Waals surface area (Å²) in [7, 11) is 0. The molecule has 1 rings (SSSR count). The summed E-state index contributed by atoms with van der Waals surface area (Å²) in [5, 5.41) is 3.43. The summed E-state index contributed by atoms with van der Waals surface area (Å²) in [5.74, 6) is 0.410. The minimum Gasteiger partial charge on any atom is -0.349 e. The second kappa shape index (κ2) is 6.87. The zero-order valence-electron chi connectivity index (χ0n) is 10.1. The lowest BCUT2D eigenvalue weighted by Gasteiger charge is -2.16. The third-order valence-electron chi connectivity index (χ3n) is 2.65. The maximum Gasteiger partial charge on any atom is 0.253 e. The maximum atomic E-state index is 12.0. The maximum absolute atomic E-state index is 12.0. The van der Waals surface area contributed by atoms with Gasteiger partial charge in [-0.25, -0.2) is 0 Å². The molecule has 4 heteroatoms. The number of hydrogen-bond acceptors (Lipinski definition) is 1. The van der Waals surface area contributed by atoms with Gasteiger partial charge in [0, 0.05) is 11.9 Å². The number of nitrogens with one attached hydrogen (secondary N) is 1. The molecule has 1 unspecified atom stereocenters. The van der Waals surface area contributed by atoms with Crippen molar-refractivity contribution in [3.8, 4) is 0 Å². The molecule has 0 aliphatic rings. The minimum absolute atomic E-state index is 0.109. The average Bonchev–Trinajstić information content (AvgIpc) is 2.28. The second-order valence-corrected chi connectivity index (χ2v) is 4.82. The number of amides is 1. The topological polar surface area (TPSA) is 29.1 Å². The molecule has 1 N–H and O–H groups in total. The van der Waals surface area contributed by atoms with E-state index in [9.17, 15) is 4.79 Å². The Morgan fingerprint density at radius 3 is 2.71 bits per heavy atom. The molecule has 0 aliphatic carbocycles. The summed E-state index contributed by atoms with van der Waals surface area (Å²) in [5.41, 5.74) is 1.56. The first kappa shape index (κ1) is 14.3. The van der Waals surface area contributed by atoms with Gasteiger partial charge in [-0.05, 0) is 37.5 Å². The Morgan fingerprint density at radius 2 is 2.18 bits per heavy atom. The van der Waals surface area contributed by atoms with E-state index in [0.29, 0.717) is 16.5 Å². The van der Waals surface area contributed by atoms with Gasteiger partial charge in [-0.15, -0.1) is 11.6 Å². The summed E-state index contributed by atoms with van der Waals surface area (Å²) in [6.45, 7) is 3.96. The van der Waals surface area contributed by atoms with Gasteiger partial charge in [0.25, 0.3) is 5.91 Å². The summed E-state index contributed by atoms with van der Waals surface area (Å²) in [6.07, 6.45) is 1.63. The summed E-state index contributed by atoms with van der Waals surface area (Å²) >= 11 is 11.7. The quantitative estimate of drug-likeness (QED) is 0.813. The van der Waals surface area contributed by atoms with Crippen LogP contribution in [0.15, 0.2) is 18.2 Å². The van der Waals surface area contributed by atoms with E-state index in [1.165, 1.54) is 0 Å². The van der Waals surface area contributed by atoms with E-state index in [2.05, 4.69) is 5.32 Å². The fourth-order valence-corrected chi connectivity index (χ4v) is 2.16. The third kappa shape index (κ3) is 4.21. The smallest absolute Gasteiger partial charge is 0.253 e. The van der Waals surface area contributed by atoms with Gasteiger partial charge >= 0.3 is 0 Å². The molecule has 0 heterocycles. The highest BCUT2D eigenvalue weighted by Gasteiger charge is 2.14. The fraction of sp³-hybridized carbons (Fsp3) is 0.462. The molecule has 0 spiro atoms. The normalized spacial score (nSPS) is 12.2. The molecule has 1 atom stereocenters. The number of aryl methyl sites for hydroxylation is 1. The predicted molar refractivity (Wildman–Crippen MR) is 73.1 cm³/mol. The van der Waals surface area contributed by atoms with Gasteiger partial charge in [0.05, 0.1) is 10.6 Å². The van der Waals surface area contributed by atoms with Crippen LogP contribution in [0.2, 0.25) is 5.02 Å². The van der Waals surface area contributed by atoms with E-state index in [1.54, 1.807) is 12.1 Å². The number of halogens is 2. The average molecular weight is 274 g/mol. The lowest BCUT2D eigenvalue weighted by molar-refractivity contribution is 0.0935. The van der Waals surface area contributed by atoms with E-state index in [4.69, 9.17) is 23.2 Å². The Balaban J connectivity index is 2.75. The van der Waals surface area contributed by atoms with Crippen LogP contribution in [0, 0.1) is 6.92 Å². The van der Waals surface area contributed by atoms with Crippen LogP contribution in [0.5, 0.6) is 0 Å². The van der Waals surface area contributed by atoms with Crippen LogP contribution in [-0.2, 0) is 0 Å². The van der Waals surface area contributed by atoms with E-state index < -0.39 is 0 Å². The Hall–Kier alpha value is -0.730. The van der Waals surface area contributed by atoms with Crippen molar-refractivity contribution in [2.24, 2.45) is 0 Å². The fourth-order valence-electron chi connectivity index (χ4n) is 1.58. The Kier molecular flexibility index (Phi) is 5.79. The monoisotopic (exact) mass is 273 g/mol. The van der Waals surface area contributed by atoms with Crippen molar-refractivity contribution >= 4 is 29.1 Å². The van der Waals surface area contributed by atoms with Crippen LogP contribution in [0.3, 0.4) is 0 Å². The Labute approximate surface area is 112 Å². The molecule has 0 aliphatic heterocycles. The zero-order chi connectivity index (χ0) is 12.8. The van der Waals surface area contributed by atoms with E-state index >= 15 is 0 Å². The zero-order valence-corrected chi connectivity index (χ0v) is 11.6. The molecule has 1 aromatic rings. The van der Waals surface area contributed by atoms with E-state index in [-0.39, 0.29) is 11.9 Å². The predicted octanol–water partition coefficient (Wildman–Crippen LogP) is 3.79. The Bertz CT molecular complexity index is 393. The molecule has 1 aromatic carbocycles. The van der Waals surface area contributed by atoms with Crippen molar-refractivity contribution in [2.75, 3.05) is 5.88 Å². The molecule has 0 saturated carbocycles. The van der Waals surface area contributed by atoms with Crippen LogP contribution in [0.4, 0.5) is 0 Å². The van der Waals surface area contributed by atoms with Gasteiger partial charge < -0.3 is 5.32 Å². The van der Waals surface area contributed by atoms with Crippen LogP contribution in [0.1, 0.15) is 35.7 Å². The van der Waals surface area contributed by atoms with Crippen molar-refractivity contribution in [3.05, 3.63) is 34.3 Å². The minimum atomic E-state index is -0.132. The Morgan fingerprint density at radius 1 is 1.47 bits per heavy atom. The van der Waals surface area contributed by atoms with Crippen molar-refractivity contribution in [2.45, 2.75) is 32.7 Å². The number of carbonyl (C=O) groups excluding carboxylic acids is 1. The number of rotatable bonds is 5. The SMILES string of the molecule is CCC(CCCl)NC(=O)c1ccc(C)cc1Cl. The molecule has 0 radical (unpaired) electrons. The highest BCUT2D eigenvalue weighted by atomic mass is 35.5. The largest absolute Gasteiger partial charge is 0.349 e. The molecule has 1 amide bonds. The molecule has 0 fully saturated rings. The number of alkyl halides is 1. The van der Waals surface area contributed by atoms with Gasteiger partial charge in [0.1, 0.15) is 0 Å². The molecule has 0 aromatic heterocycles. The number of benzene rings is 1. The number of carbonyl (C=O) groups is 1. The lowest BCUT2D eigenvalue weighted by atomic mass is 10.1. The van der Waals surface area contributed by atoms with Crippen molar-refractivity contribution in [1.82, 2.24) is 5.32 Å². The molecule has 0 saturated heterocycles. The highest BCUT2D eigenvalue weighted by Crippen LogP contribution is 2.17. The lowest BCUT2D eigenvalue weighted by Crippen LogP contribution is -2.34. The first-order valence-corrected chi connectivity index (χ1v) is 6.62. The van der Waals surface area contributed by atoms with Gasteiger partial charge in [-0.2, -0.15) is 0 Å². The third-order valence-corrected chi connectivity index (χ3v) is 3.19. The molecule has 0 bridgehead atoms. The molecule has 17 heavy (non-hydrogen) atoms. The van der Waals surface area contributed by atoms with E-state index in [1.807, 2.05) is 19.9 Å². The van der Waals surface area contributed by atoms with Crippen LogP contribution in [-0.4, -0.2) is 17.8 Å². The molecular formula is C13H17Cl2NO. The van der Waals surface area contributed by atoms with Crippen molar-refractivity contribution in [3.63, 3.8) is 0 Å². The number of hydrogen-bond donors (Lipinski definition) is 1.